The quantitative estimate of drug-likeness (QED) is 0.880. The fourth-order valence-electron chi connectivity index (χ4n) is 2.53. The molecule has 0 spiro atoms. The maximum Gasteiger partial charge on any atom is 0.0602 e. The molecule has 112 valence electrons. The van der Waals surface area contributed by atoms with Gasteiger partial charge in [0, 0.05) is 24.5 Å². The van der Waals surface area contributed by atoms with Crippen molar-refractivity contribution in [2.75, 3.05) is 18.5 Å². The number of benzene rings is 1. The minimum Gasteiger partial charge on any atom is -0.366 e. The molecule has 0 fully saturated rings. The second-order valence-electron chi connectivity index (χ2n) is 5.43. The van der Waals surface area contributed by atoms with E-state index in [1.54, 1.807) is 0 Å². The standard InChI is InChI=1S/C18H25N3/c1-5-21(13-17-8-6-7-15(3)20-17)18-10-9-16(12-19-4)14(2)11-18/h6-11,19H,5,12-13H2,1-4H3. The summed E-state index contributed by atoms with van der Waals surface area (Å²) in [6.45, 7) is 9.14. The van der Waals surface area contributed by atoms with Gasteiger partial charge in [0.05, 0.1) is 12.2 Å². The van der Waals surface area contributed by atoms with E-state index >= 15 is 0 Å². The van der Waals surface area contributed by atoms with Crippen molar-refractivity contribution < 1.29 is 0 Å². The van der Waals surface area contributed by atoms with Gasteiger partial charge in [0.15, 0.2) is 0 Å². The van der Waals surface area contributed by atoms with Gasteiger partial charge in [-0.2, -0.15) is 0 Å². The Morgan fingerprint density at radius 1 is 1.14 bits per heavy atom. The molecule has 0 aliphatic carbocycles. The summed E-state index contributed by atoms with van der Waals surface area (Å²) in [7, 11) is 1.98. The molecule has 0 aliphatic rings. The lowest BCUT2D eigenvalue weighted by Gasteiger charge is -2.24. The van der Waals surface area contributed by atoms with E-state index in [2.05, 4.69) is 59.4 Å². The van der Waals surface area contributed by atoms with Crippen molar-refractivity contribution in [1.82, 2.24) is 10.3 Å². The van der Waals surface area contributed by atoms with Crippen molar-refractivity contribution >= 4 is 5.69 Å². The number of aryl methyl sites for hydroxylation is 2. The summed E-state index contributed by atoms with van der Waals surface area (Å²) < 4.78 is 0. The van der Waals surface area contributed by atoms with Gasteiger partial charge in [-0.1, -0.05) is 12.1 Å². The summed E-state index contributed by atoms with van der Waals surface area (Å²) in [5, 5.41) is 3.21. The summed E-state index contributed by atoms with van der Waals surface area (Å²) in [5.74, 6) is 0. The van der Waals surface area contributed by atoms with Crippen LogP contribution in [0.4, 0.5) is 5.69 Å². The lowest BCUT2D eigenvalue weighted by Crippen LogP contribution is -2.23. The van der Waals surface area contributed by atoms with Crippen LogP contribution in [0.15, 0.2) is 36.4 Å². The zero-order chi connectivity index (χ0) is 15.2. The van der Waals surface area contributed by atoms with Gasteiger partial charge < -0.3 is 10.2 Å². The monoisotopic (exact) mass is 283 g/mol. The maximum absolute atomic E-state index is 4.60. The minimum absolute atomic E-state index is 0.850. The highest BCUT2D eigenvalue weighted by atomic mass is 15.1. The minimum atomic E-state index is 0.850. The second kappa shape index (κ2) is 7.23. The number of hydrogen-bond donors (Lipinski definition) is 1. The number of pyridine rings is 1. The molecular weight excluding hydrogens is 258 g/mol. The molecule has 3 nitrogen and oxygen atoms in total. The zero-order valence-corrected chi connectivity index (χ0v) is 13.5. The van der Waals surface area contributed by atoms with Crippen molar-refractivity contribution in [2.45, 2.75) is 33.9 Å². The van der Waals surface area contributed by atoms with Crippen molar-refractivity contribution in [1.29, 1.82) is 0 Å². The molecule has 0 unspecified atom stereocenters. The second-order valence-corrected chi connectivity index (χ2v) is 5.43. The molecule has 0 radical (unpaired) electrons. The first-order valence-electron chi connectivity index (χ1n) is 7.55. The van der Waals surface area contributed by atoms with Gasteiger partial charge in [0.25, 0.3) is 0 Å². The first-order valence-corrected chi connectivity index (χ1v) is 7.55. The highest BCUT2D eigenvalue weighted by Crippen LogP contribution is 2.21. The van der Waals surface area contributed by atoms with Gasteiger partial charge in [-0.25, -0.2) is 0 Å². The molecule has 0 atom stereocenters. The van der Waals surface area contributed by atoms with Gasteiger partial charge in [-0.3, -0.25) is 4.98 Å². The van der Waals surface area contributed by atoms with Crippen LogP contribution in [0.1, 0.15) is 29.4 Å². The van der Waals surface area contributed by atoms with Crippen LogP contribution in [-0.4, -0.2) is 18.6 Å². The topological polar surface area (TPSA) is 28.2 Å². The Kier molecular flexibility index (Phi) is 5.34. The molecule has 1 N–H and O–H groups in total. The van der Waals surface area contributed by atoms with Crippen molar-refractivity contribution in [3.63, 3.8) is 0 Å². The molecule has 0 saturated carbocycles. The van der Waals surface area contributed by atoms with Crippen LogP contribution in [0, 0.1) is 13.8 Å². The van der Waals surface area contributed by atoms with Crippen LogP contribution in [-0.2, 0) is 13.1 Å². The molecule has 21 heavy (non-hydrogen) atoms. The van der Waals surface area contributed by atoms with Crippen LogP contribution < -0.4 is 10.2 Å². The fraction of sp³-hybridized carbons (Fsp3) is 0.389. The third-order valence-corrected chi connectivity index (χ3v) is 3.74. The molecule has 1 heterocycles. The Morgan fingerprint density at radius 2 is 1.95 bits per heavy atom. The molecule has 2 rings (SSSR count). The number of nitrogens with one attached hydrogen (secondary N) is 1. The average molecular weight is 283 g/mol. The van der Waals surface area contributed by atoms with E-state index in [1.807, 2.05) is 20.0 Å². The van der Waals surface area contributed by atoms with Gasteiger partial charge >= 0.3 is 0 Å². The summed E-state index contributed by atoms with van der Waals surface area (Å²) >= 11 is 0. The van der Waals surface area contributed by atoms with Crippen LogP contribution in [0.5, 0.6) is 0 Å². The van der Waals surface area contributed by atoms with E-state index in [9.17, 15) is 0 Å². The molecule has 2 aromatic rings. The van der Waals surface area contributed by atoms with E-state index in [4.69, 9.17) is 0 Å². The van der Waals surface area contributed by atoms with Gasteiger partial charge in [-0.05, 0) is 63.2 Å². The molecule has 0 saturated heterocycles. The number of aromatic nitrogens is 1. The Labute approximate surface area is 128 Å². The van der Waals surface area contributed by atoms with Crippen LogP contribution in [0.3, 0.4) is 0 Å². The largest absolute Gasteiger partial charge is 0.366 e. The highest BCUT2D eigenvalue weighted by Gasteiger charge is 2.08. The molecule has 1 aromatic heterocycles. The number of rotatable bonds is 6. The van der Waals surface area contributed by atoms with Gasteiger partial charge in [0.1, 0.15) is 0 Å². The van der Waals surface area contributed by atoms with Gasteiger partial charge in [-0.15, -0.1) is 0 Å². The Hall–Kier alpha value is -1.87. The maximum atomic E-state index is 4.60. The third-order valence-electron chi connectivity index (χ3n) is 3.74. The van der Waals surface area contributed by atoms with E-state index in [0.29, 0.717) is 0 Å². The molecular formula is C18H25N3. The predicted molar refractivity (Wildman–Crippen MR) is 89.6 cm³/mol. The molecule has 0 aliphatic heterocycles. The summed E-state index contributed by atoms with van der Waals surface area (Å²) in [6.07, 6.45) is 0. The van der Waals surface area contributed by atoms with E-state index in [-0.39, 0.29) is 0 Å². The normalized spacial score (nSPS) is 10.7. The lowest BCUT2D eigenvalue weighted by molar-refractivity contribution is 0.796. The molecule has 0 amide bonds. The lowest BCUT2D eigenvalue weighted by atomic mass is 10.1. The van der Waals surface area contributed by atoms with Crippen molar-refractivity contribution in [3.05, 3.63) is 58.9 Å². The molecule has 1 aromatic carbocycles. The Bertz CT molecular complexity index is 593. The average Bonchev–Trinajstić information content (AvgIpc) is 2.47. The summed E-state index contributed by atoms with van der Waals surface area (Å²) in [4.78, 5) is 6.96. The number of nitrogens with zero attached hydrogens (tertiary/aromatic N) is 2. The Morgan fingerprint density at radius 3 is 2.57 bits per heavy atom. The third kappa shape index (κ3) is 4.05. The number of anilines is 1. The van der Waals surface area contributed by atoms with Crippen LogP contribution in [0.25, 0.3) is 0 Å². The number of hydrogen-bond acceptors (Lipinski definition) is 3. The van der Waals surface area contributed by atoms with Crippen LogP contribution in [0.2, 0.25) is 0 Å². The van der Waals surface area contributed by atoms with E-state index < -0.39 is 0 Å². The first kappa shape index (κ1) is 15.5. The van der Waals surface area contributed by atoms with Gasteiger partial charge in [0.2, 0.25) is 0 Å². The highest BCUT2D eigenvalue weighted by molar-refractivity contribution is 5.51. The van der Waals surface area contributed by atoms with Crippen LogP contribution >= 0.6 is 0 Å². The fourth-order valence-corrected chi connectivity index (χ4v) is 2.53. The Balaban J connectivity index is 2.19. The molecule has 3 heteroatoms. The van der Waals surface area contributed by atoms with E-state index in [1.165, 1.54) is 16.8 Å². The van der Waals surface area contributed by atoms with E-state index in [0.717, 1.165) is 31.0 Å². The first-order chi connectivity index (χ1) is 10.1. The zero-order valence-electron chi connectivity index (χ0n) is 13.5. The SMILES string of the molecule is CCN(Cc1cccc(C)n1)c1ccc(CNC)c(C)c1. The predicted octanol–water partition coefficient (Wildman–Crippen LogP) is 3.44. The van der Waals surface area contributed by atoms with Crippen molar-refractivity contribution in [2.24, 2.45) is 0 Å². The molecule has 0 bridgehead atoms. The van der Waals surface area contributed by atoms with Crippen molar-refractivity contribution in [3.8, 4) is 0 Å². The smallest absolute Gasteiger partial charge is 0.0602 e. The summed E-state index contributed by atoms with van der Waals surface area (Å²) in [6, 6.07) is 12.9. The summed E-state index contributed by atoms with van der Waals surface area (Å²) in [5.41, 5.74) is 6.14.